The highest BCUT2D eigenvalue weighted by molar-refractivity contribution is 9.10. The lowest BCUT2D eigenvalue weighted by Crippen LogP contribution is -2.14. The third kappa shape index (κ3) is 4.08. The third-order valence-corrected chi connectivity index (χ3v) is 4.16. The van der Waals surface area contributed by atoms with Gasteiger partial charge in [0.25, 0.3) is 0 Å². The molecule has 0 aliphatic carbocycles. The van der Waals surface area contributed by atoms with Crippen molar-refractivity contribution >= 4 is 27.5 Å². The zero-order valence-electron chi connectivity index (χ0n) is 12.4. The number of benzene rings is 2. The minimum absolute atomic E-state index is 0.0266. The third-order valence-electron chi connectivity index (χ3n) is 3.27. The van der Waals surface area contributed by atoms with Gasteiger partial charge in [0, 0.05) is 10.2 Å². The van der Waals surface area contributed by atoms with E-state index in [0.717, 1.165) is 32.6 Å². The highest BCUT2D eigenvalue weighted by Gasteiger charge is 2.07. The van der Waals surface area contributed by atoms with Gasteiger partial charge in [0.2, 0.25) is 5.91 Å². The second kappa shape index (κ2) is 6.76. The number of methoxy groups -OCH3 is 1. The molecule has 2 rings (SSSR count). The molecule has 21 heavy (non-hydrogen) atoms. The van der Waals surface area contributed by atoms with Crippen molar-refractivity contribution in [1.82, 2.24) is 0 Å². The molecule has 3 nitrogen and oxygen atoms in total. The standard InChI is InChI=1S/C17H18BrNO2/c1-11-9-14(5-6-15(11)18)19-17(20)10-13-4-7-16(21-3)12(2)8-13/h4-9H,10H2,1-3H3,(H,19,20). The van der Waals surface area contributed by atoms with Crippen LogP contribution in [-0.4, -0.2) is 13.0 Å². The maximum absolute atomic E-state index is 12.1. The van der Waals surface area contributed by atoms with Gasteiger partial charge in [-0.3, -0.25) is 4.79 Å². The lowest BCUT2D eigenvalue weighted by Gasteiger charge is -2.09. The van der Waals surface area contributed by atoms with E-state index >= 15 is 0 Å². The number of hydrogen-bond acceptors (Lipinski definition) is 2. The number of halogens is 1. The van der Waals surface area contributed by atoms with Gasteiger partial charge in [0.15, 0.2) is 0 Å². The Labute approximate surface area is 133 Å². The van der Waals surface area contributed by atoms with E-state index in [1.807, 2.05) is 50.2 Å². The van der Waals surface area contributed by atoms with Gasteiger partial charge < -0.3 is 10.1 Å². The van der Waals surface area contributed by atoms with Crippen LogP contribution in [0.4, 0.5) is 5.69 Å². The van der Waals surface area contributed by atoms with Crippen molar-refractivity contribution < 1.29 is 9.53 Å². The molecule has 0 heterocycles. The Hall–Kier alpha value is -1.81. The first-order valence-corrected chi connectivity index (χ1v) is 7.48. The van der Waals surface area contributed by atoms with Crippen LogP contribution < -0.4 is 10.1 Å². The first-order valence-electron chi connectivity index (χ1n) is 6.69. The van der Waals surface area contributed by atoms with Crippen LogP contribution in [0.5, 0.6) is 5.75 Å². The fraction of sp³-hybridized carbons (Fsp3) is 0.235. The molecule has 0 unspecified atom stereocenters. The van der Waals surface area contributed by atoms with Gasteiger partial charge in [0.05, 0.1) is 13.5 Å². The molecule has 2 aromatic carbocycles. The average molecular weight is 348 g/mol. The summed E-state index contributed by atoms with van der Waals surface area (Å²) < 4.78 is 6.25. The zero-order valence-corrected chi connectivity index (χ0v) is 14.0. The number of amides is 1. The maximum atomic E-state index is 12.1. The van der Waals surface area contributed by atoms with Gasteiger partial charge in [0.1, 0.15) is 5.75 Å². The van der Waals surface area contributed by atoms with E-state index in [9.17, 15) is 4.79 Å². The van der Waals surface area contributed by atoms with Gasteiger partial charge in [-0.15, -0.1) is 0 Å². The van der Waals surface area contributed by atoms with E-state index in [1.165, 1.54) is 0 Å². The van der Waals surface area contributed by atoms with Crippen molar-refractivity contribution in [3.63, 3.8) is 0 Å². The second-order valence-electron chi connectivity index (χ2n) is 4.99. The summed E-state index contributed by atoms with van der Waals surface area (Å²) in [6.45, 7) is 3.96. The number of rotatable bonds is 4. The van der Waals surface area contributed by atoms with E-state index in [1.54, 1.807) is 7.11 Å². The Kier molecular flexibility index (Phi) is 5.02. The van der Waals surface area contributed by atoms with Gasteiger partial charge in [-0.05, 0) is 54.8 Å². The summed E-state index contributed by atoms with van der Waals surface area (Å²) in [6, 6.07) is 11.5. The number of carbonyl (C=O) groups is 1. The number of aryl methyl sites for hydroxylation is 2. The molecule has 0 saturated carbocycles. The first-order chi connectivity index (χ1) is 9.99. The first kappa shape index (κ1) is 15.6. The summed E-state index contributed by atoms with van der Waals surface area (Å²) in [6.07, 6.45) is 0.347. The van der Waals surface area contributed by atoms with Crippen LogP contribution in [0, 0.1) is 13.8 Å². The van der Waals surface area contributed by atoms with Crippen molar-refractivity contribution in [2.75, 3.05) is 12.4 Å². The summed E-state index contributed by atoms with van der Waals surface area (Å²) in [5.74, 6) is 0.809. The van der Waals surface area contributed by atoms with Crippen LogP contribution in [-0.2, 0) is 11.2 Å². The number of anilines is 1. The molecule has 0 aliphatic rings. The number of nitrogens with one attached hydrogen (secondary N) is 1. The van der Waals surface area contributed by atoms with Gasteiger partial charge >= 0.3 is 0 Å². The number of ether oxygens (including phenoxy) is 1. The highest BCUT2D eigenvalue weighted by atomic mass is 79.9. The van der Waals surface area contributed by atoms with Crippen LogP contribution >= 0.6 is 15.9 Å². The molecule has 0 bridgehead atoms. The van der Waals surface area contributed by atoms with Crippen molar-refractivity contribution in [2.24, 2.45) is 0 Å². The lowest BCUT2D eigenvalue weighted by molar-refractivity contribution is -0.115. The Morgan fingerprint density at radius 3 is 2.52 bits per heavy atom. The van der Waals surface area contributed by atoms with E-state index in [-0.39, 0.29) is 5.91 Å². The Morgan fingerprint density at radius 1 is 1.14 bits per heavy atom. The minimum Gasteiger partial charge on any atom is -0.496 e. The van der Waals surface area contributed by atoms with Crippen LogP contribution in [0.3, 0.4) is 0 Å². The summed E-state index contributed by atoms with van der Waals surface area (Å²) >= 11 is 3.45. The van der Waals surface area contributed by atoms with E-state index in [2.05, 4.69) is 21.2 Å². The average Bonchev–Trinajstić information content (AvgIpc) is 2.43. The Bertz CT molecular complexity index is 668. The fourth-order valence-electron chi connectivity index (χ4n) is 2.16. The van der Waals surface area contributed by atoms with Crippen molar-refractivity contribution in [3.8, 4) is 5.75 Å². The van der Waals surface area contributed by atoms with Crippen LogP contribution in [0.15, 0.2) is 40.9 Å². The van der Waals surface area contributed by atoms with Crippen LogP contribution in [0.25, 0.3) is 0 Å². The van der Waals surface area contributed by atoms with Crippen molar-refractivity contribution in [3.05, 3.63) is 57.6 Å². The monoisotopic (exact) mass is 347 g/mol. The summed E-state index contributed by atoms with van der Waals surface area (Å²) in [7, 11) is 1.64. The van der Waals surface area contributed by atoms with E-state index in [4.69, 9.17) is 4.74 Å². The quantitative estimate of drug-likeness (QED) is 0.897. The molecule has 0 aromatic heterocycles. The maximum Gasteiger partial charge on any atom is 0.228 e. The summed E-state index contributed by atoms with van der Waals surface area (Å²) in [4.78, 5) is 12.1. The predicted octanol–water partition coefficient (Wildman–Crippen LogP) is 4.26. The molecule has 110 valence electrons. The van der Waals surface area contributed by atoms with Gasteiger partial charge in [-0.1, -0.05) is 28.1 Å². The SMILES string of the molecule is COc1ccc(CC(=O)Nc2ccc(Br)c(C)c2)cc1C. The molecule has 0 radical (unpaired) electrons. The van der Waals surface area contributed by atoms with Crippen LogP contribution in [0.2, 0.25) is 0 Å². The minimum atomic E-state index is -0.0266. The highest BCUT2D eigenvalue weighted by Crippen LogP contribution is 2.21. The molecule has 1 N–H and O–H groups in total. The van der Waals surface area contributed by atoms with Crippen molar-refractivity contribution in [2.45, 2.75) is 20.3 Å². The molecule has 0 spiro atoms. The molecule has 1 amide bonds. The zero-order chi connectivity index (χ0) is 15.4. The summed E-state index contributed by atoms with van der Waals surface area (Å²) in [5, 5.41) is 2.92. The Balaban J connectivity index is 2.04. The van der Waals surface area contributed by atoms with Crippen molar-refractivity contribution in [1.29, 1.82) is 0 Å². The molecular formula is C17H18BrNO2. The number of hydrogen-bond donors (Lipinski definition) is 1. The van der Waals surface area contributed by atoms with Gasteiger partial charge in [-0.25, -0.2) is 0 Å². The fourth-order valence-corrected chi connectivity index (χ4v) is 2.41. The molecule has 0 saturated heterocycles. The Morgan fingerprint density at radius 2 is 1.90 bits per heavy atom. The normalized spacial score (nSPS) is 10.3. The van der Waals surface area contributed by atoms with Gasteiger partial charge in [-0.2, -0.15) is 0 Å². The largest absolute Gasteiger partial charge is 0.496 e. The molecule has 0 aliphatic heterocycles. The van der Waals surface area contributed by atoms with E-state index < -0.39 is 0 Å². The van der Waals surface area contributed by atoms with E-state index in [0.29, 0.717) is 6.42 Å². The molecule has 0 atom stereocenters. The summed E-state index contributed by atoms with van der Waals surface area (Å²) in [5.41, 5.74) is 3.90. The molecular weight excluding hydrogens is 330 g/mol. The topological polar surface area (TPSA) is 38.3 Å². The number of carbonyl (C=O) groups excluding carboxylic acids is 1. The van der Waals surface area contributed by atoms with Crippen LogP contribution in [0.1, 0.15) is 16.7 Å². The predicted molar refractivity (Wildman–Crippen MR) is 88.9 cm³/mol. The molecule has 2 aromatic rings. The second-order valence-corrected chi connectivity index (χ2v) is 5.85. The smallest absolute Gasteiger partial charge is 0.228 e. The molecule has 0 fully saturated rings. The lowest BCUT2D eigenvalue weighted by atomic mass is 10.1. The molecule has 4 heteroatoms.